The van der Waals surface area contributed by atoms with Crippen LogP contribution in [0.15, 0.2) is 0 Å². The van der Waals surface area contributed by atoms with Crippen molar-refractivity contribution >= 4 is 5.82 Å². The van der Waals surface area contributed by atoms with Crippen LogP contribution in [0.5, 0.6) is 0 Å². The summed E-state index contributed by atoms with van der Waals surface area (Å²) in [4.78, 5) is 9.12. The number of rotatable bonds is 3. The number of nitrogens with zero attached hydrogens (tertiary/aromatic N) is 2. The van der Waals surface area contributed by atoms with E-state index >= 15 is 0 Å². The van der Waals surface area contributed by atoms with Gasteiger partial charge < -0.3 is 10.1 Å². The van der Waals surface area contributed by atoms with Crippen molar-refractivity contribution < 1.29 is 4.74 Å². The summed E-state index contributed by atoms with van der Waals surface area (Å²) < 4.78 is 5.61. The van der Waals surface area contributed by atoms with Crippen LogP contribution in [-0.2, 0) is 11.2 Å². The Morgan fingerprint density at radius 3 is 2.81 bits per heavy atom. The van der Waals surface area contributed by atoms with Crippen LogP contribution in [0.1, 0.15) is 43.0 Å². The molecule has 1 unspecified atom stereocenters. The fourth-order valence-electron chi connectivity index (χ4n) is 2.17. The zero-order valence-corrected chi connectivity index (χ0v) is 10.2. The summed E-state index contributed by atoms with van der Waals surface area (Å²) in [6.45, 7) is 5.00. The van der Waals surface area contributed by atoms with E-state index in [1.807, 2.05) is 14.0 Å². The molecule has 2 heterocycles. The third kappa shape index (κ3) is 2.02. The van der Waals surface area contributed by atoms with Gasteiger partial charge in [-0.3, -0.25) is 0 Å². The van der Waals surface area contributed by atoms with Crippen LogP contribution in [0.3, 0.4) is 0 Å². The molecule has 1 N–H and O–H groups in total. The summed E-state index contributed by atoms with van der Waals surface area (Å²) in [5.74, 6) is 1.78. The van der Waals surface area contributed by atoms with E-state index in [1.54, 1.807) is 0 Å². The highest BCUT2D eigenvalue weighted by atomic mass is 16.5. The maximum atomic E-state index is 5.61. The molecule has 0 amide bonds. The predicted octanol–water partition coefficient (Wildman–Crippen LogP) is 2.24. The Bertz CT molecular complexity index is 373. The molecule has 0 bridgehead atoms. The van der Waals surface area contributed by atoms with Crippen LogP contribution in [0.4, 0.5) is 5.82 Å². The normalized spacial score (nSPS) is 20.1. The summed E-state index contributed by atoms with van der Waals surface area (Å²) in [6, 6.07) is 0. The molecule has 1 aliphatic heterocycles. The third-order valence-corrected chi connectivity index (χ3v) is 3.04. The lowest BCUT2D eigenvalue weighted by Gasteiger charge is -2.14. The van der Waals surface area contributed by atoms with E-state index in [0.29, 0.717) is 0 Å². The highest BCUT2D eigenvalue weighted by Gasteiger charge is 2.22. The lowest BCUT2D eigenvalue weighted by atomic mass is 10.1. The summed E-state index contributed by atoms with van der Waals surface area (Å²) in [5.41, 5.74) is 2.26. The van der Waals surface area contributed by atoms with Crippen LogP contribution in [-0.4, -0.2) is 23.6 Å². The molecule has 16 heavy (non-hydrogen) atoms. The van der Waals surface area contributed by atoms with Gasteiger partial charge in [-0.25, -0.2) is 9.97 Å². The predicted molar refractivity (Wildman–Crippen MR) is 63.6 cm³/mol. The van der Waals surface area contributed by atoms with Gasteiger partial charge in [-0.05, 0) is 26.2 Å². The first kappa shape index (κ1) is 11.3. The highest BCUT2D eigenvalue weighted by molar-refractivity contribution is 5.46. The second kappa shape index (κ2) is 4.78. The van der Waals surface area contributed by atoms with Crippen molar-refractivity contribution in [2.45, 2.75) is 39.2 Å². The molecule has 1 aliphatic rings. The van der Waals surface area contributed by atoms with Crippen molar-refractivity contribution in [2.75, 3.05) is 19.0 Å². The van der Waals surface area contributed by atoms with Crippen molar-refractivity contribution in [3.63, 3.8) is 0 Å². The fraction of sp³-hybridized carbons (Fsp3) is 0.667. The van der Waals surface area contributed by atoms with Gasteiger partial charge in [0.15, 0.2) is 5.82 Å². The average Bonchev–Trinajstić information content (AvgIpc) is 2.81. The fourth-order valence-corrected chi connectivity index (χ4v) is 2.17. The molecule has 0 aromatic carbocycles. The minimum absolute atomic E-state index is 0.0942. The first-order valence-electron chi connectivity index (χ1n) is 5.93. The van der Waals surface area contributed by atoms with Crippen molar-refractivity contribution in [3.8, 4) is 0 Å². The Balaban J connectivity index is 2.36. The van der Waals surface area contributed by atoms with Gasteiger partial charge in [0.2, 0.25) is 0 Å². The second-order valence-electron chi connectivity index (χ2n) is 4.10. The van der Waals surface area contributed by atoms with Crippen molar-refractivity contribution in [2.24, 2.45) is 0 Å². The summed E-state index contributed by atoms with van der Waals surface area (Å²) in [5, 5.41) is 3.14. The van der Waals surface area contributed by atoms with E-state index in [9.17, 15) is 0 Å². The molecule has 1 aromatic rings. The quantitative estimate of drug-likeness (QED) is 0.850. The van der Waals surface area contributed by atoms with Crippen LogP contribution in [0.25, 0.3) is 0 Å². The van der Waals surface area contributed by atoms with E-state index in [2.05, 4.69) is 22.2 Å². The topological polar surface area (TPSA) is 47.0 Å². The number of aromatic nitrogens is 2. The van der Waals surface area contributed by atoms with Crippen LogP contribution in [0, 0.1) is 6.92 Å². The Kier molecular flexibility index (Phi) is 3.39. The third-order valence-electron chi connectivity index (χ3n) is 3.04. The molecule has 4 nitrogen and oxygen atoms in total. The van der Waals surface area contributed by atoms with E-state index < -0.39 is 0 Å². The van der Waals surface area contributed by atoms with Gasteiger partial charge in [-0.2, -0.15) is 0 Å². The largest absolute Gasteiger partial charge is 0.373 e. The highest BCUT2D eigenvalue weighted by Crippen LogP contribution is 2.28. The molecule has 1 atom stereocenters. The van der Waals surface area contributed by atoms with Crippen LogP contribution >= 0.6 is 0 Å². The number of nitrogens with one attached hydrogen (secondary N) is 1. The summed E-state index contributed by atoms with van der Waals surface area (Å²) in [6.07, 6.45) is 3.19. The Morgan fingerprint density at radius 2 is 2.25 bits per heavy atom. The second-order valence-corrected chi connectivity index (χ2v) is 4.10. The maximum absolute atomic E-state index is 5.61. The number of aryl methyl sites for hydroxylation is 1. The molecule has 0 aliphatic carbocycles. The minimum Gasteiger partial charge on any atom is -0.373 e. The number of ether oxygens (including phenoxy) is 1. The van der Waals surface area contributed by atoms with Crippen molar-refractivity contribution in [1.82, 2.24) is 9.97 Å². The smallest absolute Gasteiger partial charge is 0.159 e. The van der Waals surface area contributed by atoms with E-state index in [0.717, 1.165) is 43.2 Å². The first-order chi connectivity index (χ1) is 7.76. The van der Waals surface area contributed by atoms with Crippen LogP contribution in [0.2, 0.25) is 0 Å². The standard InChI is InChI=1S/C12H19N3O/c1-4-9-8(2)14-12(15-11(9)13-3)10-6-5-7-16-10/h10H,4-7H2,1-3H3,(H,13,14,15). The average molecular weight is 221 g/mol. The lowest BCUT2D eigenvalue weighted by molar-refractivity contribution is 0.105. The minimum atomic E-state index is 0.0942. The Morgan fingerprint density at radius 1 is 1.44 bits per heavy atom. The van der Waals surface area contributed by atoms with Gasteiger partial charge in [-0.1, -0.05) is 6.92 Å². The van der Waals surface area contributed by atoms with Gasteiger partial charge in [0.05, 0.1) is 0 Å². The Hall–Kier alpha value is -1.16. The van der Waals surface area contributed by atoms with E-state index in [1.165, 1.54) is 5.56 Å². The molecule has 0 spiro atoms. The summed E-state index contributed by atoms with van der Waals surface area (Å²) in [7, 11) is 1.90. The molecule has 0 saturated carbocycles. The van der Waals surface area contributed by atoms with Crippen molar-refractivity contribution in [1.29, 1.82) is 0 Å². The summed E-state index contributed by atoms with van der Waals surface area (Å²) >= 11 is 0. The molecule has 1 fully saturated rings. The van der Waals surface area contributed by atoms with Gasteiger partial charge in [-0.15, -0.1) is 0 Å². The van der Waals surface area contributed by atoms with Gasteiger partial charge in [0.25, 0.3) is 0 Å². The van der Waals surface area contributed by atoms with Gasteiger partial charge >= 0.3 is 0 Å². The monoisotopic (exact) mass is 221 g/mol. The lowest BCUT2D eigenvalue weighted by Crippen LogP contribution is -2.10. The molecule has 88 valence electrons. The van der Waals surface area contributed by atoms with E-state index in [4.69, 9.17) is 4.74 Å². The zero-order chi connectivity index (χ0) is 11.5. The molecule has 1 saturated heterocycles. The maximum Gasteiger partial charge on any atom is 0.159 e. The molecule has 0 radical (unpaired) electrons. The van der Waals surface area contributed by atoms with Crippen LogP contribution < -0.4 is 5.32 Å². The number of anilines is 1. The van der Waals surface area contributed by atoms with E-state index in [-0.39, 0.29) is 6.10 Å². The molecule has 2 rings (SSSR count). The first-order valence-corrected chi connectivity index (χ1v) is 5.93. The molecule has 4 heteroatoms. The SMILES string of the molecule is CCc1c(C)nc(C2CCCO2)nc1NC. The molecular weight excluding hydrogens is 202 g/mol. The zero-order valence-electron chi connectivity index (χ0n) is 10.2. The molecule has 1 aromatic heterocycles. The van der Waals surface area contributed by atoms with Gasteiger partial charge in [0, 0.05) is 24.9 Å². The number of hydrogen-bond donors (Lipinski definition) is 1. The Labute approximate surface area is 96.4 Å². The molecular formula is C12H19N3O. The van der Waals surface area contributed by atoms with Gasteiger partial charge in [0.1, 0.15) is 11.9 Å². The van der Waals surface area contributed by atoms with Crippen molar-refractivity contribution in [3.05, 3.63) is 17.1 Å². The number of hydrogen-bond acceptors (Lipinski definition) is 4.